The molecule has 0 bridgehead atoms. The Labute approximate surface area is 198 Å². The minimum absolute atomic E-state index is 0.0719. The minimum Gasteiger partial charge on any atom is -0.487 e. The van der Waals surface area contributed by atoms with Crippen molar-refractivity contribution in [3.05, 3.63) is 91.3 Å². The normalized spacial score (nSPS) is 11.4. The van der Waals surface area contributed by atoms with Crippen LogP contribution in [0.5, 0.6) is 5.75 Å². The number of benzene rings is 2. The molecule has 0 aliphatic heterocycles. The van der Waals surface area contributed by atoms with Gasteiger partial charge in [-0.15, -0.1) is 0 Å². The van der Waals surface area contributed by atoms with Gasteiger partial charge in [0.2, 0.25) is 0 Å². The predicted molar refractivity (Wildman–Crippen MR) is 124 cm³/mol. The van der Waals surface area contributed by atoms with E-state index in [4.69, 9.17) is 4.74 Å². The highest BCUT2D eigenvalue weighted by Crippen LogP contribution is 2.31. The van der Waals surface area contributed by atoms with Gasteiger partial charge in [-0.05, 0) is 61.0 Å². The van der Waals surface area contributed by atoms with Gasteiger partial charge in [-0.3, -0.25) is 14.2 Å². The molecule has 174 valence electrons. The van der Waals surface area contributed by atoms with Crippen LogP contribution in [-0.4, -0.2) is 22.6 Å². The van der Waals surface area contributed by atoms with Gasteiger partial charge >= 0.3 is 0 Å². The summed E-state index contributed by atoms with van der Waals surface area (Å²) in [6.45, 7) is 4.61. The number of aliphatic hydroxyl groups is 1. The van der Waals surface area contributed by atoms with Crippen LogP contribution in [0.1, 0.15) is 41.0 Å². The molecule has 6 nitrogen and oxygen atoms in total. The van der Waals surface area contributed by atoms with E-state index in [9.17, 15) is 23.5 Å². The Balaban J connectivity index is 2.09. The predicted octanol–water partition coefficient (Wildman–Crippen LogP) is 4.35. The maximum Gasteiger partial charge on any atom is 0.273 e. The molecule has 3 aromatic rings. The van der Waals surface area contributed by atoms with Crippen molar-refractivity contribution < 1.29 is 23.4 Å². The Bertz CT molecular complexity index is 1280. The molecule has 0 saturated heterocycles. The van der Waals surface area contributed by atoms with Crippen LogP contribution < -0.4 is 15.6 Å². The minimum atomic E-state index is -1.30. The molecule has 0 unspecified atom stereocenters. The van der Waals surface area contributed by atoms with Gasteiger partial charge in [-0.1, -0.05) is 6.07 Å². The number of nitrogens with zero attached hydrogens (tertiary/aromatic N) is 1. The SMILES string of the molecule is CNC(=O)c1ccc(C(C)(C)O)c(-n2c(C)cc(OCc3ccc(F)cc3F)c(Br)c2=O)c1. The van der Waals surface area contributed by atoms with E-state index in [1.165, 1.54) is 23.7 Å². The Hall–Kier alpha value is -3.04. The molecule has 0 atom stereocenters. The largest absolute Gasteiger partial charge is 0.487 e. The molecule has 9 heteroatoms. The third-order valence-electron chi connectivity index (χ3n) is 5.09. The van der Waals surface area contributed by atoms with E-state index in [2.05, 4.69) is 21.2 Å². The van der Waals surface area contributed by atoms with Gasteiger partial charge in [0.15, 0.2) is 0 Å². The number of ether oxygens (including phenoxy) is 1. The molecule has 1 heterocycles. The maximum atomic E-state index is 13.9. The van der Waals surface area contributed by atoms with Crippen LogP contribution in [0, 0.1) is 18.6 Å². The summed E-state index contributed by atoms with van der Waals surface area (Å²) in [5, 5.41) is 13.2. The highest BCUT2D eigenvalue weighted by molar-refractivity contribution is 9.10. The van der Waals surface area contributed by atoms with Crippen LogP contribution in [-0.2, 0) is 12.2 Å². The first-order valence-corrected chi connectivity index (χ1v) is 10.8. The van der Waals surface area contributed by atoms with Gasteiger partial charge in [0, 0.05) is 41.6 Å². The summed E-state index contributed by atoms with van der Waals surface area (Å²) < 4.78 is 34.1. The van der Waals surface area contributed by atoms with Crippen molar-refractivity contribution in [2.75, 3.05) is 7.05 Å². The molecule has 2 N–H and O–H groups in total. The summed E-state index contributed by atoms with van der Waals surface area (Å²) in [6, 6.07) is 9.43. The Morgan fingerprint density at radius 3 is 2.48 bits per heavy atom. The number of halogens is 3. The van der Waals surface area contributed by atoms with E-state index in [0.717, 1.165) is 12.1 Å². The number of hydrogen-bond donors (Lipinski definition) is 2. The van der Waals surface area contributed by atoms with Gasteiger partial charge < -0.3 is 15.2 Å². The lowest BCUT2D eigenvalue weighted by Gasteiger charge is -2.24. The number of carbonyl (C=O) groups excluding carboxylic acids is 1. The van der Waals surface area contributed by atoms with Crippen LogP contribution in [0.25, 0.3) is 5.69 Å². The smallest absolute Gasteiger partial charge is 0.273 e. The van der Waals surface area contributed by atoms with E-state index in [0.29, 0.717) is 22.5 Å². The number of pyridine rings is 1. The monoisotopic (exact) mass is 520 g/mol. The fourth-order valence-corrected chi connectivity index (χ4v) is 3.81. The molecular weight excluding hydrogens is 498 g/mol. The van der Waals surface area contributed by atoms with E-state index < -0.39 is 22.8 Å². The molecule has 33 heavy (non-hydrogen) atoms. The highest BCUT2D eigenvalue weighted by atomic mass is 79.9. The number of rotatable bonds is 6. The van der Waals surface area contributed by atoms with E-state index in [1.54, 1.807) is 39.0 Å². The lowest BCUT2D eigenvalue weighted by atomic mass is 9.94. The van der Waals surface area contributed by atoms with Gasteiger partial charge in [0.25, 0.3) is 11.5 Å². The molecule has 2 aromatic carbocycles. The van der Waals surface area contributed by atoms with Crippen LogP contribution >= 0.6 is 15.9 Å². The van der Waals surface area contributed by atoms with E-state index in [-0.39, 0.29) is 28.3 Å². The second-order valence-corrected chi connectivity index (χ2v) is 8.79. The second-order valence-electron chi connectivity index (χ2n) is 8.00. The quantitative estimate of drug-likeness (QED) is 0.506. The molecular formula is C24H23BrF2N2O4. The molecule has 0 spiro atoms. The third kappa shape index (κ3) is 5.15. The van der Waals surface area contributed by atoms with Crippen molar-refractivity contribution in [3.8, 4) is 11.4 Å². The van der Waals surface area contributed by atoms with Crippen molar-refractivity contribution in [2.24, 2.45) is 0 Å². The first-order valence-electron chi connectivity index (χ1n) is 10.0. The lowest BCUT2D eigenvalue weighted by molar-refractivity contribution is 0.0783. The van der Waals surface area contributed by atoms with Crippen molar-refractivity contribution in [1.82, 2.24) is 9.88 Å². The lowest BCUT2D eigenvalue weighted by Crippen LogP contribution is -2.28. The molecule has 0 saturated carbocycles. The van der Waals surface area contributed by atoms with Crippen molar-refractivity contribution >= 4 is 21.8 Å². The van der Waals surface area contributed by atoms with Gasteiger partial charge in [-0.25, -0.2) is 8.78 Å². The van der Waals surface area contributed by atoms with Crippen molar-refractivity contribution in [3.63, 3.8) is 0 Å². The first kappa shape index (κ1) is 24.6. The average Bonchev–Trinajstić information content (AvgIpc) is 2.75. The van der Waals surface area contributed by atoms with Crippen molar-refractivity contribution in [1.29, 1.82) is 0 Å². The fraction of sp³-hybridized carbons (Fsp3) is 0.250. The number of aromatic nitrogens is 1. The Morgan fingerprint density at radius 1 is 1.18 bits per heavy atom. The molecule has 0 radical (unpaired) electrons. The molecule has 3 rings (SSSR count). The number of amides is 1. The standard InChI is InChI=1S/C24H23BrF2N2O4/c1-13-9-20(33-12-15-5-7-16(26)11-18(15)27)21(25)23(31)29(13)19-10-14(22(30)28-4)6-8-17(19)24(2,3)32/h5-11,32H,12H2,1-4H3,(H,28,30). The zero-order chi connectivity index (χ0) is 24.5. The first-order chi connectivity index (χ1) is 15.4. The van der Waals surface area contributed by atoms with Crippen LogP contribution in [0.2, 0.25) is 0 Å². The summed E-state index contributed by atoms with van der Waals surface area (Å²) in [4.78, 5) is 25.5. The summed E-state index contributed by atoms with van der Waals surface area (Å²) in [5.41, 5.74) is -0.119. The van der Waals surface area contributed by atoms with Gasteiger partial charge in [0.1, 0.15) is 28.5 Å². The maximum absolute atomic E-state index is 13.9. The third-order valence-corrected chi connectivity index (χ3v) is 5.82. The molecule has 0 fully saturated rings. The van der Waals surface area contributed by atoms with Crippen LogP contribution in [0.15, 0.2) is 51.7 Å². The summed E-state index contributed by atoms with van der Waals surface area (Å²) in [5.74, 6) is -1.62. The zero-order valence-electron chi connectivity index (χ0n) is 18.5. The summed E-state index contributed by atoms with van der Waals surface area (Å²) >= 11 is 3.25. The molecule has 0 aliphatic rings. The molecule has 1 aromatic heterocycles. The second kappa shape index (κ2) is 9.44. The van der Waals surface area contributed by atoms with Crippen LogP contribution in [0.4, 0.5) is 8.78 Å². The van der Waals surface area contributed by atoms with Crippen molar-refractivity contribution in [2.45, 2.75) is 33.0 Å². The highest BCUT2D eigenvalue weighted by Gasteiger charge is 2.25. The zero-order valence-corrected chi connectivity index (χ0v) is 20.1. The number of carbonyl (C=O) groups is 1. The van der Waals surface area contributed by atoms with Gasteiger partial charge in [0.05, 0.1) is 11.3 Å². The van der Waals surface area contributed by atoms with Gasteiger partial charge in [-0.2, -0.15) is 0 Å². The Kier molecular flexibility index (Phi) is 7.04. The average molecular weight is 521 g/mol. The number of nitrogens with one attached hydrogen (secondary N) is 1. The topological polar surface area (TPSA) is 80.6 Å². The van der Waals surface area contributed by atoms with E-state index >= 15 is 0 Å². The Morgan fingerprint density at radius 2 is 1.88 bits per heavy atom. The molecule has 1 amide bonds. The molecule has 0 aliphatic carbocycles. The van der Waals surface area contributed by atoms with Crippen LogP contribution in [0.3, 0.4) is 0 Å². The summed E-state index contributed by atoms with van der Waals surface area (Å²) in [6.07, 6.45) is 0. The van der Waals surface area contributed by atoms with E-state index in [1.807, 2.05) is 0 Å². The summed E-state index contributed by atoms with van der Waals surface area (Å²) in [7, 11) is 1.50. The number of hydrogen-bond acceptors (Lipinski definition) is 4. The fourth-order valence-electron chi connectivity index (χ4n) is 3.40. The number of aryl methyl sites for hydroxylation is 1.